The van der Waals surface area contributed by atoms with E-state index in [1.807, 2.05) is 6.07 Å². The molecule has 120 valence electrons. The lowest BCUT2D eigenvalue weighted by molar-refractivity contribution is 0.400. The van der Waals surface area contributed by atoms with Gasteiger partial charge in [0.05, 0.1) is 0 Å². The van der Waals surface area contributed by atoms with E-state index in [-0.39, 0.29) is 6.04 Å². The molecule has 0 saturated heterocycles. The standard InChI is InChI=1S/C17H30ClN3/c1-5-16(19)12-14-8-9-15(18)13-17(14)21(6-2)11-7-10-20(3)4/h8-9,13,16H,5-7,10-12,19H2,1-4H3. The first-order valence-electron chi connectivity index (χ1n) is 7.91. The first-order valence-corrected chi connectivity index (χ1v) is 8.29. The smallest absolute Gasteiger partial charge is 0.0426 e. The van der Waals surface area contributed by atoms with Gasteiger partial charge in [-0.25, -0.2) is 0 Å². The van der Waals surface area contributed by atoms with E-state index in [1.165, 1.54) is 11.3 Å². The average Bonchev–Trinajstić information content (AvgIpc) is 2.45. The normalized spacial score (nSPS) is 12.7. The lowest BCUT2D eigenvalue weighted by Crippen LogP contribution is -2.29. The van der Waals surface area contributed by atoms with Crippen LogP contribution in [0.3, 0.4) is 0 Å². The van der Waals surface area contributed by atoms with Crippen LogP contribution in [0.15, 0.2) is 18.2 Å². The van der Waals surface area contributed by atoms with Gasteiger partial charge in [-0.3, -0.25) is 0 Å². The third-order valence-corrected chi connectivity index (χ3v) is 4.04. The van der Waals surface area contributed by atoms with Crippen molar-refractivity contribution in [3.8, 4) is 0 Å². The fourth-order valence-corrected chi connectivity index (χ4v) is 2.62. The number of hydrogen-bond donors (Lipinski definition) is 1. The van der Waals surface area contributed by atoms with Crippen LogP contribution < -0.4 is 10.6 Å². The molecular formula is C17H30ClN3. The molecule has 0 spiro atoms. The van der Waals surface area contributed by atoms with Crippen LogP contribution in [0.1, 0.15) is 32.3 Å². The lowest BCUT2D eigenvalue weighted by atomic mass is 10.0. The number of benzene rings is 1. The highest BCUT2D eigenvalue weighted by atomic mass is 35.5. The third-order valence-electron chi connectivity index (χ3n) is 3.81. The topological polar surface area (TPSA) is 32.5 Å². The molecule has 1 atom stereocenters. The van der Waals surface area contributed by atoms with E-state index < -0.39 is 0 Å². The van der Waals surface area contributed by atoms with E-state index in [0.717, 1.165) is 43.9 Å². The molecule has 0 bridgehead atoms. The summed E-state index contributed by atoms with van der Waals surface area (Å²) in [5.74, 6) is 0. The van der Waals surface area contributed by atoms with Crippen molar-refractivity contribution in [1.29, 1.82) is 0 Å². The Morgan fingerprint density at radius 1 is 1.19 bits per heavy atom. The predicted molar refractivity (Wildman–Crippen MR) is 94.5 cm³/mol. The zero-order valence-electron chi connectivity index (χ0n) is 13.9. The molecule has 0 fully saturated rings. The molecule has 0 aliphatic heterocycles. The largest absolute Gasteiger partial charge is 0.371 e. The Morgan fingerprint density at radius 2 is 1.90 bits per heavy atom. The Labute approximate surface area is 135 Å². The molecule has 21 heavy (non-hydrogen) atoms. The molecule has 1 rings (SSSR count). The van der Waals surface area contributed by atoms with Crippen molar-refractivity contribution in [1.82, 2.24) is 4.90 Å². The minimum atomic E-state index is 0.213. The quantitative estimate of drug-likeness (QED) is 0.758. The van der Waals surface area contributed by atoms with Gasteiger partial charge in [-0.15, -0.1) is 0 Å². The summed E-state index contributed by atoms with van der Waals surface area (Å²) >= 11 is 6.21. The Bertz CT molecular complexity index is 420. The van der Waals surface area contributed by atoms with Gasteiger partial charge in [-0.2, -0.15) is 0 Å². The Morgan fingerprint density at radius 3 is 2.48 bits per heavy atom. The summed E-state index contributed by atoms with van der Waals surface area (Å²) < 4.78 is 0. The molecule has 4 heteroatoms. The first kappa shape index (κ1) is 18.3. The van der Waals surface area contributed by atoms with E-state index >= 15 is 0 Å². The second kappa shape index (κ2) is 9.29. The van der Waals surface area contributed by atoms with Gasteiger partial charge in [0, 0.05) is 29.8 Å². The van der Waals surface area contributed by atoms with Gasteiger partial charge in [0.2, 0.25) is 0 Å². The number of rotatable bonds is 9. The van der Waals surface area contributed by atoms with Crippen molar-refractivity contribution in [2.45, 2.75) is 39.2 Å². The van der Waals surface area contributed by atoms with E-state index in [4.69, 9.17) is 17.3 Å². The number of nitrogens with zero attached hydrogens (tertiary/aromatic N) is 2. The Balaban J connectivity index is 2.87. The molecule has 3 nitrogen and oxygen atoms in total. The summed E-state index contributed by atoms with van der Waals surface area (Å²) in [4.78, 5) is 4.63. The van der Waals surface area contributed by atoms with Crippen LogP contribution in [-0.2, 0) is 6.42 Å². The monoisotopic (exact) mass is 311 g/mol. The van der Waals surface area contributed by atoms with Crippen LogP contribution in [0, 0.1) is 0 Å². The average molecular weight is 312 g/mol. The molecular weight excluding hydrogens is 282 g/mol. The lowest BCUT2D eigenvalue weighted by Gasteiger charge is -2.27. The number of nitrogens with two attached hydrogens (primary N) is 1. The summed E-state index contributed by atoms with van der Waals surface area (Å²) in [6.07, 6.45) is 3.05. The minimum absolute atomic E-state index is 0.213. The van der Waals surface area contributed by atoms with Crippen molar-refractivity contribution in [2.75, 3.05) is 38.6 Å². The van der Waals surface area contributed by atoms with Crippen LogP contribution in [0.2, 0.25) is 5.02 Å². The van der Waals surface area contributed by atoms with Crippen LogP contribution in [0.4, 0.5) is 5.69 Å². The molecule has 0 aromatic heterocycles. The molecule has 0 aliphatic rings. The van der Waals surface area contributed by atoms with Crippen LogP contribution >= 0.6 is 11.6 Å². The summed E-state index contributed by atoms with van der Waals surface area (Å²) in [5.41, 5.74) is 8.68. The number of anilines is 1. The van der Waals surface area contributed by atoms with Crippen molar-refractivity contribution < 1.29 is 0 Å². The summed E-state index contributed by atoms with van der Waals surface area (Å²) in [5, 5.41) is 0.796. The molecule has 0 radical (unpaired) electrons. The molecule has 0 heterocycles. The molecule has 0 saturated carbocycles. The van der Waals surface area contributed by atoms with Gasteiger partial charge in [-0.05, 0) is 64.5 Å². The highest BCUT2D eigenvalue weighted by molar-refractivity contribution is 6.30. The summed E-state index contributed by atoms with van der Waals surface area (Å²) in [6.45, 7) is 7.46. The van der Waals surface area contributed by atoms with E-state index in [9.17, 15) is 0 Å². The molecule has 1 unspecified atom stereocenters. The SMILES string of the molecule is CCC(N)Cc1ccc(Cl)cc1N(CC)CCCN(C)C. The second-order valence-electron chi connectivity index (χ2n) is 5.88. The minimum Gasteiger partial charge on any atom is -0.371 e. The maximum atomic E-state index is 6.21. The van der Waals surface area contributed by atoms with E-state index in [0.29, 0.717) is 0 Å². The third kappa shape index (κ3) is 6.25. The van der Waals surface area contributed by atoms with Crippen LogP contribution in [0.25, 0.3) is 0 Å². The maximum Gasteiger partial charge on any atom is 0.0426 e. The van der Waals surface area contributed by atoms with Gasteiger partial charge in [-0.1, -0.05) is 24.6 Å². The molecule has 0 amide bonds. The van der Waals surface area contributed by atoms with Gasteiger partial charge in [0.25, 0.3) is 0 Å². The number of halogens is 1. The Kier molecular flexibility index (Phi) is 8.09. The maximum absolute atomic E-state index is 6.21. The van der Waals surface area contributed by atoms with Crippen LogP contribution in [0.5, 0.6) is 0 Å². The second-order valence-corrected chi connectivity index (χ2v) is 6.32. The van der Waals surface area contributed by atoms with Crippen molar-refractivity contribution in [3.05, 3.63) is 28.8 Å². The summed E-state index contributed by atoms with van der Waals surface area (Å²) in [7, 11) is 4.22. The zero-order chi connectivity index (χ0) is 15.8. The fourth-order valence-electron chi connectivity index (χ4n) is 2.46. The highest BCUT2D eigenvalue weighted by Gasteiger charge is 2.13. The van der Waals surface area contributed by atoms with Gasteiger partial charge >= 0.3 is 0 Å². The molecule has 1 aromatic rings. The van der Waals surface area contributed by atoms with Gasteiger partial charge < -0.3 is 15.5 Å². The molecule has 2 N–H and O–H groups in total. The van der Waals surface area contributed by atoms with E-state index in [1.54, 1.807) is 0 Å². The van der Waals surface area contributed by atoms with Crippen molar-refractivity contribution >= 4 is 17.3 Å². The molecule has 0 aliphatic carbocycles. The first-order chi connectivity index (χ1) is 9.97. The van der Waals surface area contributed by atoms with Gasteiger partial charge in [0.1, 0.15) is 0 Å². The predicted octanol–water partition coefficient (Wildman–Crippen LogP) is 3.40. The summed E-state index contributed by atoms with van der Waals surface area (Å²) in [6, 6.07) is 6.39. The van der Waals surface area contributed by atoms with Crippen molar-refractivity contribution in [3.63, 3.8) is 0 Å². The zero-order valence-corrected chi connectivity index (χ0v) is 14.7. The highest BCUT2D eigenvalue weighted by Crippen LogP contribution is 2.26. The molecule has 1 aromatic carbocycles. The van der Waals surface area contributed by atoms with Gasteiger partial charge in [0.15, 0.2) is 0 Å². The van der Waals surface area contributed by atoms with Crippen LogP contribution in [-0.4, -0.2) is 44.7 Å². The number of hydrogen-bond acceptors (Lipinski definition) is 3. The van der Waals surface area contributed by atoms with E-state index in [2.05, 4.69) is 49.9 Å². The Hall–Kier alpha value is -0.770. The van der Waals surface area contributed by atoms with Crippen molar-refractivity contribution in [2.24, 2.45) is 5.73 Å². The fraction of sp³-hybridized carbons (Fsp3) is 0.647.